The highest BCUT2D eigenvalue weighted by Gasteiger charge is 2.38. The van der Waals surface area contributed by atoms with Gasteiger partial charge in [0.25, 0.3) is 0 Å². The van der Waals surface area contributed by atoms with Gasteiger partial charge in [0, 0.05) is 11.5 Å². The predicted molar refractivity (Wildman–Crippen MR) is 54.8 cm³/mol. The van der Waals surface area contributed by atoms with Crippen LogP contribution in [0, 0.1) is 5.92 Å². The topological polar surface area (TPSA) is 113 Å². The maximum Gasteiger partial charge on any atom is 0.695 e. The van der Waals surface area contributed by atoms with E-state index < -0.39 is 32.3 Å². The van der Waals surface area contributed by atoms with Crippen molar-refractivity contribution in [3.05, 3.63) is 0 Å². The summed E-state index contributed by atoms with van der Waals surface area (Å²) in [5.41, 5.74) is 0. The summed E-state index contributed by atoms with van der Waals surface area (Å²) < 4.78 is 15.2. The molecular weight excluding hydrogens is 237 g/mol. The number of carboxylic acid groups (broad SMARTS) is 1. The van der Waals surface area contributed by atoms with Gasteiger partial charge in [-0.15, -0.1) is 9.42 Å². The van der Waals surface area contributed by atoms with Gasteiger partial charge < -0.3 is 10.4 Å². The number of carbonyl (C=O) groups is 2. The lowest BCUT2D eigenvalue weighted by Crippen LogP contribution is -2.50. The van der Waals surface area contributed by atoms with Crippen molar-refractivity contribution in [1.82, 2.24) is 5.32 Å². The summed E-state index contributed by atoms with van der Waals surface area (Å²) in [6, 6.07) is -1.34. The van der Waals surface area contributed by atoms with Crippen molar-refractivity contribution in [2.75, 3.05) is 0 Å². The summed E-state index contributed by atoms with van der Waals surface area (Å²) in [5.74, 6) is -2.19. The van der Waals surface area contributed by atoms with Crippen LogP contribution in [0.25, 0.3) is 0 Å². The third kappa shape index (κ3) is 5.16. The fourth-order valence-corrected chi connectivity index (χ4v) is 1.75. The van der Waals surface area contributed by atoms with Crippen LogP contribution in [0.3, 0.4) is 0 Å². The molecule has 16 heavy (non-hydrogen) atoms. The Morgan fingerprint density at radius 1 is 1.38 bits per heavy atom. The minimum absolute atomic E-state index is 0.334. The molecule has 0 aromatic carbocycles. The van der Waals surface area contributed by atoms with Crippen LogP contribution in [0.4, 0.5) is 0 Å². The molecule has 0 aromatic rings. The second-order valence-electron chi connectivity index (χ2n) is 3.57. The normalized spacial score (nSPS) is 15.4. The Kier molecular flexibility index (Phi) is 6.10. The van der Waals surface area contributed by atoms with Crippen LogP contribution in [0.1, 0.15) is 20.8 Å². The Balaban J connectivity index is 4.86. The van der Waals surface area contributed by atoms with Crippen molar-refractivity contribution < 1.29 is 28.7 Å². The molecule has 0 aromatic heterocycles. The molecular formula is C8H15NO6P+. The van der Waals surface area contributed by atoms with Crippen molar-refractivity contribution in [3.8, 4) is 0 Å². The van der Waals surface area contributed by atoms with Crippen LogP contribution in [0.5, 0.6) is 0 Å². The molecule has 0 aliphatic heterocycles. The molecule has 8 heteroatoms. The Morgan fingerprint density at radius 3 is 2.12 bits per heavy atom. The Hall–Kier alpha value is -1.04. The molecule has 0 radical (unpaired) electrons. The van der Waals surface area contributed by atoms with Gasteiger partial charge in [-0.2, -0.15) is 0 Å². The average molecular weight is 252 g/mol. The fourth-order valence-electron chi connectivity index (χ4n) is 1.17. The van der Waals surface area contributed by atoms with Gasteiger partial charge in [-0.1, -0.05) is 13.8 Å². The van der Waals surface area contributed by atoms with Crippen LogP contribution >= 0.6 is 8.25 Å². The molecule has 3 atom stereocenters. The first kappa shape index (κ1) is 15.0. The maximum atomic E-state index is 10.9. The van der Waals surface area contributed by atoms with Gasteiger partial charge in [0.15, 0.2) is 6.04 Å². The zero-order chi connectivity index (χ0) is 12.9. The van der Waals surface area contributed by atoms with E-state index in [1.54, 1.807) is 13.8 Å². The summed E-state index contributed by atoms with van der Waals surface area (Å²) in [6.07, 6.45) is -1.06. The second kappa shape index (κ2) is 6.52. The highest BCUT2D eigenvalue weighted by atomic mass is 31.1. The van der Waals surface area contributed by atoms with E-state index in [1.807, 2.05) is 0 Å². The van der Waals surface area contributed by atoms with Gasteiger partial charge in [0.05, 0.1) is 0 Å². The molecule has 0 heterocycles. The zero-order valence-corrected chi connectivity index (χ0v) is 10.1. The number of hydrogen-bond acceptors (Lipinski definition) is 4. The van der Waals surface area contributed by atoms with E-state index >= 15 is 0 Å². The predicted octanol–water partition coefficient (Wildman–Crippen LogP) is 0.267. The minimum Gasteiger partial charge on any atom is -0.480 e. The summed E-state index contributed by atoms with van der Waals surface area (Å²) in [6.45, 7) is 4.41. The van der Waals surface area contributed by atoms with Crippen LogP contribution in [-0.4, -0.2) is 34.0 Å². The van der Waals surface area contributed by atoms with E-state index in [2.05, 4.69) is 9.84 Å². The standard InChI is InChI=1S/C8H14NO6P/c1-4(2)7(15-16(13)14)6(8(11)12)9-5(3)10/h4,6-7H,1-3H3,(H2-,9,10,11,12,13,14)/p+1/t6-,7+/m0/s1. The molecule has 0 bridgehead atoms. The number of nitrogens with one attached hydrogen (secondary N) is 1. The first-order chi connectivity index (χ1) is 7.25. The molecule has 0 aliphatic carbocycles. The largest absolute Gasteiger partial charge is 0.695 e. The van der Waals surface area contributed by atoms with Crippen molar-refractivity contribution in [2.24, 2.45) is 5.92 Å². The van der Waals surface area contributed by atoms with E-state index in [0.717, 1.165) is 6.92 Å². The quantitative estimate of drug-likeness (QED) is 0.584. The van der Waals surface area contributed by atoms with Gasteiger partial charge >= 0.3 is 14.2 Å². The zero-order valence-electron chi connectivity index (χ0n) is 9.21. The lowest BCUT2D eigenvalue weighted by Gasteiger charge is -2.22. The highest BCUT2D eigenvalue weighted by Crippen LogP contribution is 2.24. The van der Waals surface area contributed by atoms with Crippen molar-refractivity contribution in [1.29, 1.82) is 0 Å². The van der Waals surface area contributed by atoms with E-state index in [0.29, 0.717) is 0 Å². The smallest absolute Gasteiger partial charge is 0.480 e. The third-order valence-corrected chi connectivity index (χ3v) is 2.25. The second-order valence-corrected chi connectivity index (χ2v) is 4.25. The fraction of sp³-hybridized carbons (Fsp3) is 0.750. The van der Waals surface area contributed by atoms with E-state index in [9.17, 15) is 14.2 Å². The highest BCUT2D eigenvalue weighted by molar-refractivity contribution is 7.32. The molecule has 0 saturated carbocycles. The van der Waals surface area contributed by atoms with Crippen LogP contribution in [0.15, 0.2) is 0 Å². The summed E-state index contributed by atoms with van der Waals surface area (Å²) in [4.78, 5) is 30.3. The molecule has 92 valence electrons. The Morgan fingerprint density at radius 2 is 1.88 bits per heavy atom. The minimum atomic E-state index is -2.92. The van der Waals surface area contributed by atoms with Gasteiger partial charge in [-0.05, 0) is 5.92 Å². The first-order valence-electron chi connectivity index (χ1n) is 4.58. The molecule has 0 aliphatic rings. The molecule has 0 saturated heterocycles. The van der Waals surface area contributed by atoms with Gasteiger partial charge in [-0.25, -0.2) is 4.79 Å². The molecule has 7 nitrogen and oxygen atoms in total. The van der Waals surface area contributed by atoms with Crippen molar-refractivity contribution in [3.63, 3.8) is 0 Å². The van der Waals surface area contributed by atoms with Gasteiger partial charge in [0.1, 0.15) is 6.10 Å². The van der Waals surface area contributed by atoms with E-state index in [4.69, 9.17) is 10.00 Å². The lowest BCUT2D eigenvalue weighted by molar-refractivity contribution is -0.145. The lowest BCUT2D eigenvalue weighted by atomic mass is 10.00. The first-order valence-corrected chi connectivity index (χ1v) is 5.71. The Labute approximate surface area is 93.7 Å². The third-order valence-electron chi connectivity index (χ3n) is 1.82. The number of carboxylic acids is 1. The molecule has 3 N–H and O–H groups in total. The SMILES string of the molecule is CC(=O)N[C@H](C(=O)O)[C@H](O[P+](=O)O)C(C)C. The molecule has 0 spiro atoms. The van der Waals surface area contributed by atoms with E-state index in [-0.39, 0.29) is 5.92 Å². The summed E-state index contributed by atoms with van der Waals surface area (Å²) in [5, 5.41) is 11.0. The van der Waals surface area contributed by atoms with E-state index in [1.165, 1.54) is 0 Å². The number of hydrogen-bond donors (Lipinski definition) is 3. The number of rotatable bonds is 6. The van der Waals surface area contributed by atoms with Crippen LogP contribution < -0.4 is 5.32 Å². The van der Waals surface area contributed by atoms with Crippen LogP contribution in [0.2, 0.25) is 0 Å². The van der Waals surface area contributed by atoms with Gasteiger partial charge in [0.2, 0.25) is 5.91 Å². The molecule has 0 rings (SSSR count). The van der Waals surface area contributed by atoms with Crippen molar-refractivity contribution in [2.45, 2.75) is 32.9 Å². The van der Waals surface area contributed by atoms with Gasteiger partial charge in [-0.3, -0.25) is 4.79 Å². The monoisotopic (exact) mass is 252 g/mol. The van der Waals surface area contributed by atoms with Crippen molar-refractivity contribution >= 4 is 20.1 Å². The maximum absolute atomic E-state index is 10.9. The summed E-state index contributed by atoms with van der Waals surface area (Å²) in [7, 11) is -2.92. The molecule has 1 amide bonds. The average Bonchev–Trinajstić information content (AvgIpc) is 2.09. The number of aliphatic carboxylic acids is 1. The molecule has 1 unspecified atom stereocenters. The summed E-state index contributed by atoms with van der Waals surface area (Å²) >= 11 is 0. The number of amides is 1. The Bertz CT molecular complexity index is 292. The molecule has 0 fully saturated rings. The van der Waals surface area contributed by atoms with Crippen LogP contribution in [-0.2, 0) is 18.7 Å². The number of carbonyl (C=O) groups excluding carboxylic acids is 1.